The molecule has 1 fully saturated rings. The lowest BCUT2D eigenvalue weighted by molar-refractivity contribution is -0.135. The predicted octanol–water partition coefficient (Wildman–Crippen LogP) is 6.29. The molecular weight excluding hydrogens is 490 g/mol. The highest BCUT2D eigenvalue weighted by atomic mass is 19.4. The number of alkyl halides is 3. The van der Waals surface area contributed by atoms with Gasteiger partial charge in [-0.25, -0.2) is 9.18 Å². The Kier molecular flexibility index (Phi) is 7.94. The van der Waals surface area contributed by atoms with E-state index in [1.165, 1.54) is 21.9 Å². The third-order valence-corrected chi connectivity index (χ3v) is 7.39. The third-order valence-electron chi connectivity index (χ3n) is 7.39. The number of likely N-dealkylation sites (tertiary alicyclic amines) is 1. The second-order valence-corrected chi connectivity index (χ2v) is 10.1. The van der Waals surface area contributed by atoms with E-state index in [-0.39, 0.29) is 45.0 Å². The van der Waals surface area contributed by atoms with E-state index < -0.39 is 29.9 Å². The summed E-state index contributed by atoms with van der Waals surface area (Å²) >= 11 is 0. The van der Waals surface area contributed by atoms with Gasteiger partial charge in [-0.3, -0.25) is 9.79 Å². The number of hydrogen-bond donors (Lipinski definition) is 0. The molecule has 0 atom stereocenters. The summed E-state index contributed by atoms with van der Waals surface area (Å²) < 4.78 is 57.4. The fourth-order valence-electron chi connectivity index (χ4n) is 5.42. The number of nitrogens with zero attached hydrogens (tertiary/aromatic N) is 3. The summed E-state index contributed by atoms with van der Waals surface area (Å²) in [5.74, 6) is -0.754. The summed E-state index contributed by atoms with van der Waals surface area (Å²) in [5, 5.41) is 0. The average molecular weight is 524 g/mol. The van der Waals surface area contributed by atoms with Crippen molar-refractivity contribution in [3.8, 4) is 0 Å². The maximum absolute atomic E-state index is 14.3. The molecule has 0 saturated carbocycles. The van der Waals surface area contributed by atoms with Gasteiger partial charge in [-0.1, -0.05) is 11.6 Å². The largest absolute Gasteiger partial charge is 0.450 e. The Morgan fingerprint density at radius 3 is 2.57 bits per heavy atom. The Labute approximate surface area is 214 Å². The van der Waals surface area contributed by atoms with Crippen molar-refractivity contribution in [2.24, 2.45) is 4.99 Å². The number of anilines is 1. The molecule has 1 aliphatic carbocycles. The Hall–Kier alpha value is -2.91. The summed E-state index contributed by atoms with van der Waals surface area (Å²) in [6.45, 7) is 4.25. The first-order valence-electron chi connectivity index (χ1n) is 12.9. The van der Waals surface area contributed by atoms with E-state index in [2.05, 4.69) is 0 Å². The molecule has 37 heavy (non-hydrogen) atoms. The molecule has 0 bridgehead atoms. The smallest absolute Gasteiger partial charge is 0.409 e. The lowest BCUT2D eigenvalue weighted by atomic mass is 9.75. The van der Waals surface area contributed by atoms with Crippen molar-refractivity contribution < 1.29 is 31.9 Å². The van der Waals surface area contributed by atoms with Gasteiger partial charge in [0.25, 0.3) is 0 Å². The zero-order valence-electron chi connectivity index (χ0n) is 21.3. The van der Waals surface area contributed by atoms with Crippen molar-refractivity contribution in [2.45, 2.75) is 76.8 Å². The van der Waals surface area contributed by atoms with Crippen molar-refractivity contribution in [3.05, 3.63) is 40.8 Å². The molecule has 3 aliphatic rings. The van der Waals surface area contributed by atoms with Crippen LogP contribution in [0.4, 0.5) is 28.0 Å². The average Bonchev–Trinajstić information content (AvgIpc) is 3.04. The van der Waals surface area contributed by atoms with Gasteiger partial charge >= 0.3 is 12.3 Å². The van der Waals surface area contributed by atoms with Gasteiger partial charge in [0.1, 0.15) is 11.2 Å². The Balaban J connectivity index is 1.59. The van der Waals surface area contributed by atoms with Gasteiger partial charge in [0, 0.05) is 30.9 Å². The number of halogens is 4. The molecule has 0 aromatic heterocycles. The summed E-state index contributed by atoms with van der Waals surface area (Å²) in [6.07, 6.45) is -1.27. The maximum Gasteiger partial charge on any atom is 0.409 e. The summed E-state index contributed by atoms with van der Waals surface area (Å²) in [4.78, 5) is 33.7. The van der Waals surface area contributed by atoms with Crippen molar-refractivity contribution >= 4 is 23.4 Å². The number of rotatable bonds is 8. The van der Waals surface area contributed by atoms with Gasteiger partial charge in [0.2, 0.25) is 5.91 Å². The van der Waals surface area contributed by atoms with Crippen LogP contribution in [0.2, 0.25) is 0 Å². The first-order chi connectivity index (χ1) is 17.5. The number of hydrogen-bond acceptors (Lipinski definition) is 4. The van der Waals surface area contributed by atoms with E-state index in [9.17, 15) is 27.2 Å². The predicted molar refractivity (Wildman–Crippen MR) is 132 cm³/mol. The van der Waals surface area contributed by atoms with Crippen molar-refractivity contribution in [1.29, 1.82) is 0 Å². The molecule has 4 rings (SSSR count). The lowest BCUT2D eigenvalue weighted by Crippen LogP contribution is -2.65. The highest BCUT2D eigenvalue weighted by Crippen LogP contribution is 2.48. The molecule has 2 aliphatic heterocycles. The Bertz CT molecular complexity index is 1110. The molecule has 0 radical (unpaired) electrons. The SMILES string of the molecule is CCOC(=O)N1CC2(C1)C(=O)N(C/C(CCCCC(F)(F)F)=N/C1=C(C)CCCC1)c1cc(F)ccc12. The van der Waals surface area contributed by atoms with Crippen molar-refractivity contribution in [1.82, 2.24) is 4.90 Å². The summed E-state index contributed by atoms with van der Waals surface area (Å²) in [6, 6.07) is 4.19. The molecule has 0 unspecified atom stereocenters. The molecule has 1 aromatic rings. The van der Waals surface area contributed by atoms with Crippen LogP contribution in [0.3, 0.4) is 0 Å². The molecule has 10 heteroatoms. The number of amides is 2. The quantitative estimate of drug-likeness (QED) is 0.228. The summed E-state index contributed by atoms with van der Waals surface area (Å²) in [7, 11) is 0. The molecule has 0 N–H and O–H groups in total. The minimum Gasteiger partial charge on any atom is -0.450 e. The van der Waals surface area contributed by atoms with E-state index in [0.717, 1.165) is 37.0 Å². The topological polar surface area (TPSA) is 62.2 Å². The third kappa shape index (κ3) is 5.83. The van der Waals surface area contributed by atoms with Crippen LogP contribution in [0.25, 0.3) is 0 Å². The number of fused-ring (bicyclic) bond motifs is 2. The van der Waals surface area contributed by atoms with E-state index in [0.29, 0.717) is 23.4 Å². The number of benzene rings is 1. The van der Waals surface area contributed by atoms with Crippen molar-refractivity contribution in [3.63, 3.8) is 0 Å². The van der Waals surface area contributed by atoms with E-state index in [1.807, 2.05) is 6.92 Å². The first kappa shape index (κ1) is 27.1. The zero-order chi connectivity index (χ0) is 26.8. The normalized spacial score (nSPS) is 19.4. The lowest BCUT2D eigenvalue weighted by Gasteiger charge is -2.45. The number of ether oxygens (including phenoxy) is 1. The zero-order valence-corrected chi connectivity index (χ0v) is 21.3. The standard InChI is InChI=1S/C27H33F4N3O3/c1-3-37-25(36)33-16-26(17-33)21-12-11-19(28)14-23(21)34(24(26)35)15-20(9-6-7-13-27(29,30)31)32-22-10-5-4-8-18(22)2/h11-12,14H,3-10,13,15-17H2,1-2H3/b32-20+. The van der Waals surface area contributed by atoms with Crippen LogP contribution in [-0.4, -0.2) is 55.0 Å². The molecule has 1 spiro atoms. The number of carbonyl (C=O) groups is 2. The van der Waals surface area contributed by atoms with Crippen LogP contribution >= 0.6 is 0 Å². The number of unbranched alkanes of at least 4 members (excludes halogenated alkanes) is 1. The Morgan fingerprint density at radius 1 is 1.16 bits per heavy atom. The van der Waals surface area contributed by atoms with E-state index in [1.54, 1.807) is 13.0 Å². The second kappa shape index (κ2) is 10.8. The van der Waals surface area contributed by atoms with Crippen LogP contribution < -0.4 is 4.90 Å². The minimum atomic E-state index is -4.22. The molecule has 1 aromatic carbocycles. The van der Waals surface area contributed by atoms with Gasteiger partial charge < -0.3 is 14.5 Å². The van der Waals surface area contributed by atoms with Gasteiger partial charge in [0.05, 0.1) is 18.8 Å². The van der Waals surface area contributed by atoms with Crippen molar-refractivity contribution in [2.75, 3.05) is 31.1 Å². The fraction of sp³-hybridized carbons (Fsp3) is 0.593. The monoisotopic (exact) mass is 523 g/mol. The second-order valence-electron chi connectivity index (χ2n) is 10.1. The van der Waals surface area contributed by atoms with Crippen LogP contribution in [0.15, 0.2) is 34.5 Å². The van der Waals surface area contributed by atoms with E-state index in [4.69, 9.17) is 9.73 Å². The number of aliphatic imine (C=N–C) groups is 1. The molecule has 202 valence electrons. The van der Waals surface area contributed by atoms with Crippen LogP contribution in [0, 0.1) is 5.82 Å². The molecule has 2 heterocycles. The minimum absolute atomic E-state index is 0.0296. The van der Waals surface area contributed by atoms with Gasteiger partial charge in [-0.15, -0.1) is 0 Å². The van der Waals surface area contributed by atoms with Gasteiger partial charge in [-0.05, 0) is 76.5 Å². The van der Waals surface area contributed by atoms with E-state index >= 15 is 0 Å². The molecule has 1 saturated heterocycles. The van der Waals surface area contributed by atoms with Crippen LogP contribution in [-0.2, 0) is 14.9 Å². The fourth-order valence-corrected chi connectivity index (χ4v) is 5.42. The Morgan fingerprint density at radius 2 is 1.89 bits per heavy atom. The van der Waals surface area contributed by atoms with Gasteiger partial charge in [0.15, 0.2) is 0 Å². The molecule has 2 amide bonds. The first-order valence-corrected chi connectivity index (χ1v) is 12.9. The highest BCUT2D eigenvalue weighted by molar-refractivity contribution is 6.13. The van der Waals surface area contributed by atoms with Crippen LogP contribution in [0.1, 0.15) is 70.8 Å². The van der Waals surface area contributed by atoms with Gasteiger partial charge in [-0.2, -0.15) is 13.2 Å². The highest BCUT2D eigenvalue weighted by Gasteiger charge is 2.59. The number of carbonyl (C=O) groups excluding carboxylic acids is 2. The molecule has 6 nitrogen and oxygen atoms in total. The maximum atomic E-state index is 14.3. The summed E-state index contributed by atoms with van der Waals surface area (Å²) in [5.41, 5.74) is 2.77. The number of allylic oxidation sites excluding steroid dienone is 2. The molecular formula is C27H33F4N3O3. The van der Waals surface area contributed by atoms with Crippen LogP contribution in [0.5, 0.6) is 0 Å².